The van der Waals surface area contributed by atoms with Crippen LogP contribution in [-0.2, 0) is 14.8 Å². The third-order valence-electron chi connectivity index (χ3n) is 7.03. The zero-order valence-electron chi connectivity index (χ0n) is 20.9. The summed E-state index contributed by atoms with van der Waals surface area (Å²) < 4.78 is 43.1. The van der Waals surface area contributed by atoms with Gasteiger partial charge in [-0.15, -0.1) is 0 Å². The van der Waals surface area contributed by atoms with Gasteiger partial charge in [-0.2, -0.15) is 0 Å². The van der Waals surface area contributed by atoms with E-state index in [9.17, 15) is 18.3 Å². The lowest BCUT2D eigenvalue weighted by Gasteiger charge is -2.30. The van der Waals surface area contributed by atoms with Crippen molar-refractivity contribution in [3.05, 3.63) is 53.6 Å². The molecule has 2 aliphatic rings. The fourth-order valence-corrected chi connectivity index (χ4v) is 6.39. The van der Waals surface area contributed by atoms with Crippen molar-refractivity contribution in [2.75, 3.05) is 45.8 Å². The Labute approximate surface area is 212 Å². The Hall–Kier alpha value is -2.82. The number of nitrogens with zero attached hydrogens (tertiary/aromatic N) is 2. The topological polar surface area (TPSA) is 106 Å². The highest BCUT2D eigenvalue weighted by atomic mass is 32.2. The number of fused-ring (bicyclic) bond motifs is 1. The molecule has 3 atom stereocenters. The Morgan fingerprint density at radius 1 is 1.08 bits per heavy atom. The van der Waals surface area contributed by atoms with Crippen LogP contribution in [0.2, 0.25) is 0 Å². The fourth-order valence-electron chi connectivity index (χ4n) is 5.20. The van der Waals surface area contributed by atoms with E-state index in [4.69, 9.17) is 14.2 Å². The Balaban J connectivity index is 1.69. The van der Waals surface area contributed by atoms with Crippen LogP contribution in [0.5, 0.6) is 17.2 Å². The number of carbonyl (C=O) groups is 1. The summed E-state index contributed by atoms with van der Waals surface area (Å²) in [5.74, 6) is 0.0317. The lowest BCUT2D eigenvalue weighted by atomic mass is 9.82. The van der Waals surface area contributed by atoms with Gasteiger partial charge in [0.25, 0.3) is 0 Å². The number of carboxylic acid groups (broad SMARTS) is 1. The third-order valence-corrected chi connectivity index (χ3v) is 8.91. The standard InChI is InChI=1S/C26H34N2O7S/c1-4-12-28(36(31,32)5-2)14-13-27-16-21(19-8-11-22-23(15-19)35-17-34-22)24(26(29)30)25(27)18-6-9-20(33-3)10-7-18/h6-11,15,21,24-25H,4-5,12-14,16-17H2,1-3H3,(H,29,30)/t21?,24-,25+/m0/s1. The average Bonchev–Trinajstić information content (AvgIpc) is 3.50. The molecule has 1 N–H and O–H groups in total. The number of hydrogen-bond donors (Lipinski definition) is 1. The minimum atomic E-state index is -3.36. The molecule has 0 spiro atoms. The minimum absolute atomic E-state index is 0.0342. The monoisotopic (exact) mass is 518 g/mol. The first kappa shape index (κ1) is 26.2. The van der Waals surface area contributed by atoms with E-state index in [0.717, 1.165) is 11.1 Å². The second kappa shape index (κ2) is 11.1. The number of methoxy groups -OCH3 is 1. The van der Waals surface area contributed by atoms with Gasteiger partial charge in [-0.1, -0.05) is 25.1 Å². The molecule has 9 nitrogen and oxygen atoms in total. The highest BCUT2D eigenvalue weighted by Crippen LogP contribution is 2.47. The van der Waals surface area contributed by atoms with E-state index in [0.29, 0.717) is 49.8 Å². The van der Waals surface area contributed by atoms with Gasteiger partial charge in [-0.25, -0.2) is 12.7 Å². The molecule has 2 aromatic rings. The van der Waals surface area contributed by atoms with Gasteiger partial charge in [-0.05, 0) is 48.7 Å². The predicted octanol–water partition coefficient (Wildman–Crippen LogP) is 3.33. The van der Waals surface area contributed by atoms with E-state index >= 15 is 0 Å². The highest BCUT2D eigenvalue weighted by molar-refractivity contribution is 7.89. The normalized spacial score (nSPS) is 21.7. The molecule has 0 bridgehead atoms. The summed E-state index contributed by atoms with van der Waals surface area (Å²) in [5.41, 5.74) is 1.71. The second-order valence-corrected chi connectivity index (χ2v) is 11.4. The largest absolute Gasteiger partial charge is 0.497 e. The fraction of sp³-hybridized carbons (Fsp3) is 0.500. The SMILES string of the molecule is CCCN(CCN1CC(c2ccc3c(c2)OCO3)[C@H](C(=O)O)[C@H]1c1ccc(OC)cc1)S(=O)(=O)CC. The van der Waals surface area contributed by atoms with Crippen LogP contribution in [0.3, 0.4) is 0 Å². The van der Waals surface area contributed by atoms with Crippen molar-refractivity contribution in [1.82, 2.24) is 9.21 Å². The van der Waals surface area contributed by atoms with Crippen LogP contribution >= 0.6 is 0 Å². The van der Waals surface area contributed by atoms with Crippen molar-refractivity contribution < 1.29 is 32.5 Å². The van der Waals surface area contributed by atoms with Crippen molar-refractivity contribution in [3.8, 4) is 17.2 Å². The van der Waals surface area contributed by atoms with Crippen LogP contribution in [0.25, 0.3) is 0 Å². The minimum Gasteiger partial charge on any atom is -0.497 e. The van der Waals surface area contributed by atoms with Crippen molar-refractivity contribution in [1.29, 1.82) is 0 Å². The quantitative estimate of drug-likeness (QED) is 0.483. The first-order valence-electron chi connectivity index (χ1n) is 12.3. The molecule has 2 heterocycles. The lowest BCUT2D eigenvalue weighted by Crippen LogP contribution is -2.40. The van der Waals surface area contributed by atoms with Gasteiger partial charge in [-0.3, -0.25) is 9.69 Å². The number of ether oxygens (including phenoxy) is 3. The molecule has 1 saturated heterocycles. The Morgan fingerprint density at radius 2 is 1.78 bits per heavy atom. The van der Waals surface area contributed by atoms with Crippen LogP contribution in [0.4, 0.5) is 0 Å². The molecule has 0 radical (unpaired) electrons. The number of rotatable bonds is 11. The number of carboxylic acids is 1. The number of likely N-dealkylation sites (tertiary alicyclic amines) is 1. The van der Waals surface area contributed by atoms with E-state index in [-0.39, 0.29) is 18.5 Å². The van der Waals surface area contributed by atoms with Gasteiger partial charge in [0.1, 0.15) is 5.75 Å². The molecule has 0 aromatic heterocycles. The number of sulfonamides is 1. The van der Waals surface area contributed by atoms with Gasteiger partial charge in [0.15, 0.2) is 11.5 Å². The number of benzene rings is 2. The zero-order chi connectivity index (χ0) is 25.9. The van der Waals surface area contributed by atoms with E-state index in [1.54, 1.807) is 14.0 Å². The summed E-state index contributed by atoms with van der Waals surface area (Å²) in [7, 11) is -1.78. The summed E-state index contributed by atoms with van der Waals surface area (Å²) in [6, 6.07) is 12.6. The van der Waals surface area contributed by atoms with Gasteiger partial charge < -0.3 is 19.3 Å². The van der Waals surface area contributed by atoms with Crippen LogP contribution in [0.15, 0.2) is 42.5 Å². The van der Waals surface area contributed by atoms with E-state index in [2.05, 4.69) is 4.90 Å². The summed E-state index contributed by atoms with van der Waals surface area (Å²) >= 11 is 0. The van der Waals surface area contributed by atoms with Crippen molar-refractivity contribution in [2.45, 2.75) is 32.2 Å². The molecular formula is C26H34N2O7S. The van der Waals surface area contributed by atoms with Gasteiger partial charge in [0.05, 0.1) is 18.8 Å². The smallest absolute Gasteiger partial charge is 0.309 e. The molecule has 2 aromatic carbocycles. The molecule has 10 heteroatoms. The Morgan fingerprint density at radius 3 is 2.42 bits per heavy atom. The maximum atomic E-state index is 12.7. The van der Waals surface area contributed by atoms with Crippen molar-refractivity contribution >= 4 is 16.0 Å². The number of hydrogen-bond acceptors (Lipinski definition) is 7. The molecule has 36 heavy (non-hydrogen) atoms. The van der Waals surface area contributed by atoms with Gasteiger partial charge >= 0.3 is 5.97 Å². The number of aliphatic carboxylic acids is 1. The average molecular weight is 519 g/mol. The molecule has 196 valence electrons. The molecule has 0 amide bonds. The Bertz CT molecular complexity index is 1170. The summed E-state index contributed by atoms with van der Waals surface area (Å²) in [4.78, 5) is 14.8. The molecule has 0 saturated carbocycles. The molecule has 2 aliphatic heterocycles. The van der Waals surface area contributed by atoms with Gasteiger partial charge in [0, 0.05) is 38.1 Å². The van der Waals surface area contributed by atoms with Crippen LogP contribution in [-0.4, -0.2) is 74.5 Å². The van der Waals surface area contributed by atoms with Crippen molar-refractivity contribution in [2.24, 2.45) is 5.92 Å². The molecule has 0 aliphatic carbocycles. The van der Waals surface area contributed by atoms with Crippen LogP contribution in [0, 0.1) is 5.92 Å². The summed E-state index contributed by atoms with van der Waals surface area (Å²) in [5, 5.41) is 10.4. The Kier molecular flexibility index (Phi) is 8.07. The van der Waals surface area contributed by atoms with Gasteiger partial charge in [0.2, 0.25) is 16.8 Å². The van der Waals surface area contributed by atoms with Crippen LogP contribution < -0.4 is 14.2 Å². The molecule has 4 rings (SSSR count). The summed E-state index contributed by atoms with van der Waals surface area (Å²) in [6.45, 7) is 5.36. The van der Waals surface area contributed by atoms with Crippen molar-refractivity contribution in [3.63, 3.8) is 0 Å². The molecule has 1 unspecified atom stereocenters. The first-order valence-corrected chi connectivity index (χ1v) is 13.9. The predicted molar refractivity (Wildman–Crippen MR) is 135 cm³/mol. The van der Waals surface area contributed by atoms with E-state index in [1.807, 2.05) is 49.4 Å². The molecular weight excluding hydrogens is 484 g/mol. The maximum Gasteiger partial charge on any atom is 0.309 e. The lowest BCUT2D eigenvalue weighted by molar-refractivity contribution is -0.143. The van der Waals surface area contributed by atoms with E-state index < -0.39 is 28.0 Å². The van der Waals surface area contributed by atoms with E-state index in [1.165, 1.54) is 4.31 Å². The zero-order valence-corrected chi connectivity index (χ0v) is 21.7. The third kappa shape index (κ3) is 5.30. The highest BCUT2D eigenvalue weighted by Gasteiger charge is 2.47. The van der Waals surface area contributed by atoms with Crippen LogP contribution in [0.1, 0.15) is 43.4 Å². The summed E-state index contributed by atoms with van der Waals surface area (Å²) in [6.07, 6.45) is 0.707. The molecule has 1 fully saturated rings. The second-order valence-electron chi connectivity index (χ2n) is 9.10. The first-order chi connectivity index (χ1) is 17.3. The maximum absolute atomic E-state index is 12.7.